The number of rotatable bonds is 5. The maximum absolute atomic E-state index is 5.90. The Labute approximate surface area is 128 Å². The molecule has 0 saturated heterocycles. The number of nitrogens with zero attached hydrogens (tertiary/aromatic N) is 1. The maximum Gasteiger partial charge on any atom is 0.144 e. The largest absolute Gasteiger partial charge is 0.492 e. The van der Waals surface area contributed by atoms with Crippen molar-refractivity contribution in [3.8, 4) is 5.75 Å². The molecule has 0 bridgehead atoms. The maximum atomic E-state index is 5.90. The molecule has 0 aliphatic rings. The highest BCUT2D eigenvalue weighted by molar-refractivity contribution is 9.10. The predicted octanol–water partition coefficient (Wildman–Crippen LogP) is 4.07. The van der Waals surface area contributed by atoms with Gasteiger partial charge in [0.1, 0.15) is 5.75 Å². The summed E-state index contributed by atoms with van der Waals surface area (Å²) < 4.78 is 6.63. The number of halogens is 1. The van der Waals surface area contributed by atoms with E-state index in [0.29, 0.717) is 12.3 Å². The third kappa shape index (κ3) is 3.67. The van der Waals surface area contributed by atoms with E-state index in [9.17, 15) is 0 Å². The van der Waals surface area contributed by atoms with Crippen LogP contribution in [0.5, 0.6) is 5.75 Å². The number of nitrogen functional groups attached to an aromatic ring is 1. The predicted molar refractivity (Wildman–Crippen MR) is 88.3 cm³/mol. The molecule has 0 aliphatic heterocycles. The average Bonchev–Trinajstić information content (AvgIpc) is 2.41. The van der Waals surface area contributed by atoms with Gasteiger partial charge in [-0.3, -0.25) is 0 Å². The first-order valence-electron chi connectivity index (χ1n) is 6.58. The van der Waals surface area contributed by atoms with E-state index in [1.807, 2.05) is 37.3 Å². The smallest absolute Gasteiger partial charge is 0.144 e. The molecule has 106 valence electrons. The molecule has 0 unspecified atom stereocenters. The van der Waals surface area contributed by atoms with Crippen LogP contribution in [-0.2, 0) is 6.54 Å². The number of benzene rings is 2. The Balaban J connectivity index is 2.16. The van der Waals surface area contributed by atoms with Crippen molar-refractivity contribution in [2.45, 2.75) is 13.5 Å². The second-order valence-electron chi connectivity index (χ2n) is 4.64. The summed E-state index contributed by atoms with van der Waals surface area (Å²) in [7, 11) is 2.06. The van der Waals surface area contributed by atoms with Crippen molar-refractivity contribution in [2.24, 2.45) is 0 Å². The zero-order valence-electron chi connectivity index (χ0n) is 11.8. The molecule has 0 saturated carbocycles. The second-order valence-corrected chi connectivity index (χ2v) is 5.56. The van der Waals surface area contributed by atoms with Gasteiger partial charge in [-0.05, 0) is 36.8 Å². The Bertz CT molecular complexity index is 586. The first-order valence-corrected chi connectivity index (χ1v) is 7.37. The minimum atomic E-state index is 0.614. The lowest BCUT2D eigenvalue weighted by atomic mass is 10.2. The van der Waals surface area contributed by atoms with Gasteiger partial charge in [0.2, 0.25) is 0 Å². The van der Waals surface area contributed by atoms with E-state index in [2.05, 4.69) is 40.0 Å². The summed E-state index contributed by atoms with van der Waals surface area (Å²) in [5.74, 6) is 0.742. The zero-order valence-corrected chi connectivity index (χ0v) is 13.4. The van der Waals surface area contributed by atoms with Crippen LogP contribution in [0.2, 0.25) is 0 Å². The Morgan fingerprint density at radius 1 is 1.20 bits per heavy atom. The van der Waals surface area contributed by atoms with Crippen LogP contribution < -0.4 is 15.4 Å². The van der Waals surface area contributed by atoms with E-state index in [1.165, 1.54) is 5.56 Å². The molecule has 0 atom stereocenters. The molecule has 0 aliphatic carbocycles. The summed E-state index contributed by atoms with van der Waals surface area (Å²) in [4.78, 5) is 2.17. The number of hydrogen-bond acceptors (Lipinski definition) is 3. The third-order valence-electron chi connectivity index (χ3n) is 3.05. The fourth-order valence-corrected chi connectivity index (χ4v) is 2.49. The Kier molecular flexibility index (Phi) is 4.90. The van der Waals surface area contributed by atoms with Crippen LogP contribution in [-0.4, -0.2) is 13.7 Å². The van der Waals surface area contributed by atoms with Crippen molar-refractivity contribution in [2.75, 3.05) is 24.3 Å². The van der Waals surface area contributed by atoms with Gasteiger partial charge in [0, 0.05) is 29.8 Å². The third-order valence-corrected chi connectivity index (χ3v) is 3.54. The number of nitrogens with two attached hydrogens (primary N) is 1. The highest BCUT2D eigenvalue weighted by Crippen LogP contribution is 2.28. The van der Waals surface area contributed by atoms with E-state index < -0.39 is 0 Å². The number of hydrogen-bond donors (Lipinski definition) is 1. The van der Waals surface area contributed by atoms with Gasteiger partial charge in [0.05, 0.1) is 12.3 Å². The zero-order chi connectivity index (χ0) is 14.5. The van der Waals surface area contributed by atoms with Crippen LogP contribution in [0, 0.1) is 0 Å². The Morgan fingerprint density at radius 2 is 2.00 bits per heavy atom. The Hall–Kier alpha value is -1.68. The fraction of sp³-hybridized carbons (Fsp3) is 0.250. The molecule has 20 heavy (non-hydrogen) atoms. The van der Waals surface area contributed by atoms with Gasteiger partial charge in [-0.15, -0.1) is 0 Å². The molecular weight excluding hydrogens is 316 g/mol. The normalized spacial score (nSPS) is 10.3. The quantitative estimate of drug-likeness (QED) is 0.837. The second kappa shape index (κ2) is 6.66. The first kappa shape index (κ1) is 14.7. The molecule has 2 aromatic carbocycles. The summed E-state index contributed by atoms with van der Waals surface area (Å²) in [5.41, 5.74) is 8.90. The van der Waals surface area contributed by atoms with Gasteiger partial charge in [-0.1, -0.05) is 28.1 Å². The molecule has 0 heterocycles. The lowest BCUT2D eigenvalue weighted by molar-refractivity contribution is 0.342. The topological polar surface area (TPSA) is 38.5 Å². The monoisotopic (exact) mass is 334 g/mol. The van der Waals surface area contributed by atoms with Crippen molar-refractivity contribution in [1.29, 1.82) is 0 Å². The van der Waals surface area contributed by atoms with E-state index in [0.717, 1.165) is 22.5 Å². The van der Waals surface area contributed by atoms with E-state index in [4.69, 9.17) is 10.5 Å². The van der Waals surface area contributed by atoms with Gasteiger partial charge in [-0.25, -0.2) is 0 Å². The number of anilines is 2. The molecule has 2 aromatic rings. The molecule has 3 nitrogen and oxygen atoms in total. The highest BCUT2D eigenvalue weighted by atomic mass is 79.9. The molecule has 4 heteroatoms. The molecule has 2 rings (SSSR count). The SMILES string of the molecule is CCOc1cc(N(C)Cc2cccc(Br)c2)ccc1N. The van der Waals surface area contributed by atoms with Crippen molar-refractivity contribution in [3.63, 3.8) is 0 Å². The van der Waals surface area contributed by atoms with Crippen molar-refractivity contribution < 1.29 is 4.74 Å². The summed E-state index contributed by atoms with van der Waals surface area (Å²) in [5, 5.41) is 0. The van der Waals surface area contributed by atoms with Crippen LogP contribution >= 0.6 is 15.9 Å². The van der Waals surface area contributed by atoms with Crippen molar-refractivity contribution >= 4 is 27.3 Å². The van der Waals surface area contributed by atoms with Crippen LogP contribution in [0.15, 0.2) is 46.9 Å². The standard InChI is InChI=1S/C16H19BrN2O/c1-3-20-16-10-14(7-8-15(16)18)19(2)11-12-5-4-6-13(17)9-12/h4-10H,3,11,18H2,1-2H3. The minimum Gasteiger partial charge on any atom is -0.492 e. The summed E-state index contributed by atoms with van der Waals surface area (Å²) in [6.07, 6.45) is 0. The summed E-state index contributed by atoms with van der Waals surface area (Å²) >= 11 is 3.49. The molecule has 0 fully saturated rings. The van der Waals surface area contributed by atoms with Gasteiger partial charge < -0.3 is 15.4 Å². The fourth-order valence-electron chi connectivity index (χ4n) is 2.04. The van der Waals surface area contributed by atoms with Gasteiger partial charge >= 0.3 is 0 Å². The summed E-state index contributed by atoms with van der Waals surface area (Å²) in [6, 6.07) is 14.2. The van der Waals surface area contributed by atoms with Gasteiger partial charge in [0.15, 0.2) is 0 Å². The highest BCUT2D eigenvalue weighted by Gasteiger charge is 2.07. The molecule has 0 amide bonds. The van der Waals surface area contributed by atoms with Crippen LogP contribution in [0.3, 0.4) is 0 Å². The van der Waals surface area contributed by atoms with E-state index >= 15 is 0 Å². The van der Waals surface area contributed by atoms with Gasteiger partial charge in [-0.2, -0.15) is 0 Å². The number of ether oxygens (including phenoxy) is 1. The molecule has 2 N–H and O–H groups in total. The average molecular weight is 335 g/mol. The van der Waals surface area contributed by atoms with Gasteiger partial charge in [0.25, 0.3) is 0 Å². The molecule has 0 spiro atoms. The lowest BCUT2D eigenvalue weighted by Crippen LogP contribution is -2.16. The van der Waals surface area contributed by atoms with Crippen molar-refractivity contribution in [3.05, 3.63) is 52.5 Å². The van der Waals surface area contributed by atoms with E-state index in [1.54, 1.807) is 0 Å². The summed E-state index contributed by atoms with van der Waals surface area (Å²) in [6.45, 7) is 3.40. The van der Waals surface area contributed by atoms with Crippen LogP contribution in [0.4, 0.5) is 11.4 Å². The molecular formula is C16H19BrN2O. The lowest BCUT2D eigenvalue weighted by Gasteiger charge is -2.21. The molecule has 0 aromatic heterocycles. The first-order chi connectivity index (χ1) is 9.60. The van der Waals surface area contributed by atoms with E-state index in [-0.39, 0.29) is 0 Å². The van der Waals surface area contributed by atoms with Crippen LogP contribution in [0.25, 0.3) is 0 Å². The van der Waals surface area contributed by atoms with Crippen molar-refractivity contribution in [1.82, 2.24) is 0 Å². The molecule has 0 radical (unpaired) electrons. The Morgan fingerprint density at radius 3 is 2.70 bits per heavy atom. The van der Waals surface area contributed by atoms with Crippen LogP contribution in [0.1, 0.15) is 12.5 Å². The minimum absolute atomic E-state index is 0.614.